The van der Waals surface area contributed by atoms with E-state index < -0.39 is 5.97 Å². The Kier molecular flexibility index (Phi) is 7.14. The Morgan fingerprint density at radius 3 is 2.50 bits per heavy atom. The largest absolute Gasteiger partial charge is 0.478 e. The number of hydrogen-bond donors (Lipinski definition) is 3. The maximum atomic E-state index is 12.4. The highest BCUT2D eigenvalue weighted by atomic mass is 32.2. The van der Waals surface area contributed by atoms with Crippen molar-refractivity contribution in [3.63, 3.8) is 0 Å². The minimum absolute atomic E-state index is 0.0724. The molecule has 0 bridgehead atoms. The summed E-state index contributed by atoms with van der Waals surface area (Å²) >= 11 is 1.26. The number of hydrazone groups is 1. The first kappa shape index (κ1) is 22.9. The summed E-state index contributed by atoms with van der Waals surface area (Å²) in [5, 5.41) is 21.3. The van der Waals surface area contributed by atoms with Crippen LogP contribution < -0.4 is 9.99 Å². The van der Waals surface area contributed by atoms with Crippen LogP contribution in [0.1, 0.15) is 21.5 Å². The summed E-state index contributed by atoms with van der Waals surface area (Å²) < 4.78 is 1.97. The van der Waals surface area contributed by atoms with Gasteiger partial charge in [-0.05, 0) is 49.0 Å². The Balaban J connectivity index is 1.49. The molecule has 0 radical (unpaired) electrons. The molecule has 1 amide bonds. The number of aromatic amines is 1. The van der Waals surface area contributed by atoms with E-state index in [0.29, 0.717) is 10.7 Å². The lowest BCUT2D eigenvalue weighted by atomic mass is 10.1. The first-order valence-corrected chi connectivity index (χ1v) is 11.4. The van der Waals surface area contributed by atoms with Crippen molar-refractivity contribution >= 4 is 29.9 Å². The summed E-state index contributed by atoms with van der Waals surface area (Å²) in [6.45, 7) is 2.03. The summed E-state index contributed by atoms with van der Waals surface area (Å²) in [6, 6.07) is 24.3. The average Bonchev–Trinajstić information content (AvgIpc) is 3.28. The van der Waals surface area contributed by atoms with E-state index >= 15 is 0 Å². The minimum Gasteiger partial charge on any atom is -0.478 e. The van der Waals surface area contributed by atoms with Crippen molar-refractivity contribution in [2.24, 2.45) is 5.10 Å². The van der Waals surface area contributed by atoms with Crippen molar-refractivity contribution in [3.8, 4) is 17.1 Å². The molecule has 9 heteroatoms. The van der Waals surface area contributed by atoms with Gasteiger partial charge in [0.05, 0.1) is 28.2 Å². The van der Waals surface area contributed by atoms with E-state index in [0.717, 1.165) is 22.6 Å². The van der Waals surface area contributed by atoms with Gasteiger partial charge in [-0.15, -0.1) is 5.10 Å². The maximum Gasteiger partial charge on any atom is 0.342 e. The highest BCUT2D eigenvalue weighted by Gasteiger charge is 2.24. The van der Waals surface area contributed by atoms with Crippen molar-refractivity contribution in [1.82, 2.24) is 15.6 Å². The minimum atomic E-state index is -1.06. The van der Waals surface area contributed by atoms with Gasteiger partial charge >= 0.3 is 11.1 Å². The monoisotopic (exact) mass is 472 g/mol. The molecule has 0 spiro atoms. The normalized spacial score (nSPS) is 11.0. The van der Waals surface area contributed by atoms with Crippen LogP contribution in [0.25, 0.3) is 17.1 Å². The van der Waals surface area contributed by atoms with E-state index in [-0.39, 0.29) is 17.2 Å². The number of carbonyl (C=O) groups excluding carboxylic acids is 1. The SMILES string of the molecule is Cc1ccc(-c2[nH]nc(SCC(=O)N/N=C/c3ccccc3C(=O)O)[n+]2-c2ccccc2)cc1. The topological polar surface area (TPSA) is 111 Å². The zero-order chi connectivity index (χ0) is 23.9. The van der Waals surface area contributed by atoms with Crippen LogP contribution in [-0.2, 0) is 4.79 Å². The number of aromatic carboxylic acids is 1. The number of thioether (sulfide) groups is 1. The highest BCUT2D eigenvalue weighted by molar-refractivity contribution is 7.99. The number of aromatic nitrogens is 3. The molecule has 0 aliphatic rings. The number of nitrogens with zero attached hydrogens (tertiary/aromatic N) is 3. The summed E-state index contributed by atoms with van der Waals surface area (Å²) in [6.07, 6.45) is 1.32. The third kappa shape index (κ3) is 5.38. The molecule has 0 saturated carbocycles. The number of para-hydroxylation sites is 1. The molecule has 0 saturated heterocycles. The van der Waals surface area contributed by atoms with E-state index in [1.165, 1.54) is 24.0 Å². The van der Waals surface area contributed by atoms with Gasteiger partial charge in [0.25, 0.3) is 11.7 Å². The van der Waals surface area contributed by atoms with Gasteiger partial charge in [0.1, 0.15) is 5.69 Å². The predicted octanol–water partition coefficient (Wildman–Crippen LogP) is 3.60. The van der Waals surface area contributed by atoms with E-state index in [1.807, 2.05) is 66.1 Å². The fourth-order valence-electron chi connectivity index (χ4n) is 3.26. The Bertz CT molecular complexity index is 1330. The van der Waals surface area contributed by atoms with Crippen molar-refractivity contribution in [3.05, 3.63) is 95.6 Å². The average molecular weight is 473 g/mol. The second-order valence-corrected chi connectivity index (χ2v) is 8.31. The van der Waals surface area contributed by atoms with Gasteiger partial charge < -0.3 is 5.11 Å². The Morgan fingerprint density at radius 2 is 1.76 bits per heavy atom. The third-order valence-electron chi connectivity index (χ3n) is 4.93. The maximum absolute atomic E-state index is 12.4. The number of carboxylic acid groups (broad SMARTS) is 1. The van der Waals surface area contributed by atoms with Crippen LogP contribution in [0, 0.1) is 6.92 Å². The van der Waals surface area contributed by atoms with Gasteiger partial charge in [-0.1, -0.05) is 54.1 Å². The molecule has 8 nitrogen and oxygen atoms in total. The molecule has 4 aromatic rings. The number of nitrogens with one attached hydrogen (secondary N) is 2. The zero-order valence-corrected chi connectivity index (χ0v) is 19.1. The second kappa shape index (κ2) is 10.6. The molecule has 0 aliphatic carbocycles. The molecule has 34 heavy (non-hydrogen) atoms. The van der Waals surface area contributed by atoms with Crippen LogP contribution in [0.5, 0.6) is 0 Å². The Hall–Kier alpha value is -4.24. The van der Waals surface area contributed by atoms with Gasteiger partial charge in [-0.3, -0.25) is 4.79 Å². The van der Waals surface area contributed by atoms with Crippen LogP contribution in [0.15, 0.2) is 89.1 Å². The molecule has 4 rings (SSSR count). The molecule has 1 heterocycles. The fraction of sp³-hybridized carbons (Fsp3) is 0.0800. The third-order valence-corrected chi connectivity index (χ3v) is 5.87. The fourth-order valence-corrected chi connectivity index (χ4v) is 4.02. The molecule has 170 valence electrons. The van der Waals surface area contributed by atoms with Crippen molar-refractivity contribution < 1.29 is 19.3 Å². The molecule has 0 unspecified atom stereocenters. The number of H-pyrrole nitrogens is 1. The van der Waals surface area contributed by atoms with Crippen molar-refractivity contribution in [1.29, 1.82) is 0 Å². The second-order valence-electron chi connectivity index (χ2n) is 7.37. The van der Waals surface area contributed by atoms with E-state index in [1.54, 1.807) is 18.2 Å². The summed E-state index contributed by atoms with van der Waals surface area (Å²) in [5.74, 6) is -0.522. The van der Waals surface area contributed by atoms with Crippen molar-refractivity contribution in [2.45, 2.75) is 12.1 Å². The zero-order valence-electron chi connectivity index (χ0n) is 18.3. The van der Waals surface area contributed by atoms with E-state index in [2.05, 4.69) is 20.7 Å². The van der Waals surface area contributed by atoms with Crippen LogP contribution in [-0.4, -0.2) is 39.1 Å². The molecule has 1 aromatic heterocycles. The van der Waals surface area contributed by atoms with Gasteiger partial charge in [-0.2, -0.15) is 9.67 Å². The Labute approximate surface area is 200 Å². The lowest BCUT2D eigenvalue weighted by molar-refractivity contribution is -0.625. The van der Waals surface area contributed by atoms with E-state index in [9.17, 15) is 14.7 Å². The summed E-state index contributed by atoms with van der Waals surface area (Å²) in [7, 11) is 0. The Morgan fingerprint density at radius 1 is 1.06 bits per heavy atom. The molecule has 3 N–H and O–H groups in total. The highest BCUT2D eigenvalue weighted by Crippen LogP contribution is 2.20. The number of amides is 1. The number of aryl methyl sites for hydroxylation is 1. The number of benzene rings is 3. The smallest absolute Gasteiger partial charge is 0.342 e. The van der Waals surface area contributed by atoms with Crippen LogP contribution >= 0.6 is 11.8 Å². The van der Waals surface area contributed by atoms with Crippen molar-refractivity contribution in [2.75, 3.05) is 5.75 Å². The number of hydrogen-bond acceptors (Lipinski definition) is 5. The molecular weight excluding hydrogens is 450 g/mol. The number of carboxylic acids is 1. The van der Waals surface area contributed by atoms with Crippen LogP contribution in [0.3, 0.4) is 0 Å². The predicted molar refractivity (Wildman–Crippen MR) is 130 cm³/mol. The van der Waals surface area contributed by atoms with Gasteiger partial charge in [0.2, 0.25) is 0 Å². The molecule has 0 atom stereocenters. The lowest BCUT2D eigenvalue weighted by Gasteiger charge is -2.04. The van der Waals surface area contributed by atoms with E-state index in [4.69, 9.17) is 0 Å². The number of rotatable bonds is 8. The molecule has 0 aliphatic heterocycles. The standard InChI is InChI=1S/C25H21N5O3S/c1-17-11-13-18(14-12-17)23-28-29-25(30(23)20-8-3-2-4-9-20)34-16-22(31)27-26-15-19-7-5-6-10-21(19)24(32)33/h2-15H,16H2,1H3,(H2,27,31,32,33)/p+1/b26-15+. The first-order chi connectivity index (χ1) is 16.5. The molecule has 0 fully saturated rings. The summed E-state index contributed by atoms with van der Waals surface area (Å²) in [4.78, 5) is 23.7. The quantitative estimate of drug-likeness (QED) is 0.157. The number of carbonyl (C=O) groups is 2. The van der Waals surface area contributed by atoms with Crippen LogP contribution in [0.4, 0.5) is 0 Å². The van der Waals surface area contributed by atoms with Gasteiger partial charge in [0.15, 0.2) is 0 Å². The van der Waals surface area contributed by atoms with Gasteiger partial charge in [-0.25, -0.2) is 10.2 Å². The summed E-state index contributed by atoms with van der Waals surface area (Å²) in [5.41, 5.74) is 6.00. The lowest BCUT2D eigenvalue weighted by Crippen LogP contribution is -2.34. The van der Waals surface area contributed by atoms with Gasteiger partial charge in [0, 0.05) is 5.56 Å². The van der Waals surface area contributed by atoms with Crippen LogP contribution in [0.2, 0.25) is 0 Å². The first-order valence-electron chi connectivity index (χ1n) is 10.4. The molecule has 3 aromatic carbocycles. The molecular formula is C25H22N5O3S+.